The zero-order valence-corrected chi connectivity index (χ0v) is 13.5. The third-order valence-corrected chi connectivity index (χ3v) is 4.65. The normalized spacial score (nSPS) is 11.4. The number of hydrogen-bond donors (Lipinski definition) is 1. The molecule has 0 heterocycles. The minimum Gasteiger partial charge on any atom is -0.486 e. The number of thiol groups is 1. The van der Waals surface area contributed by atoms with Crippen LogP contribution in [0.3, 0.4) is 0 Å². The predicted octanol–water partition coefficient (Wildman–Crippen LogP) is 4.47. The van der Waals surface area contributed by atoms with Gasteiger partial charge in [0.2, 0.25) is 0 Å². The van der Waals surface area contributed by atoms with E-state index in [1.165, 1.54) is 6.07 Å². The number of nitro benzene ring substituents is 1. The lowest BCUT2D eigenvalue weighted by Gasteiger charge is -2.29. The Morgan fingerprint density at radius 2 is 2.05 bits per heavy atom. The van der Waals surface area contributed by atoms with Gasteiger partial charge in [0.25, 0.3) is 0 Å². The first-order valence-corrected chi connectivity index (χ1v) is 7.58. The van der Waals surface area contributed by atoms with Crippen LogP contribution < -0.4 is 4.74 Å². The van der Waals surface area contributed by atoms with Crippen molar-refractivity contribution in [3.8, 4) is 5.75 Å². The van der Waals surface area contributed by atoms with Gasteiger partial charge in [0, 0.05) is 16.0 Å². The SMILES string of the molecule is CCC(CC)(CS)COc1ccc(Br)cc1[N+](=O)[O-]. The second-order valence-corrected chi connectivity index (χ2v) is 5.75. The Morgan fingerprint density at radius 1 is 1.42 bits per heavy atom. The summed E-state index contributed by atoms with van der Waals surface area (Å²) in [5, 5.41) is 11.0. The van der Waals surface area contributed by atoms with Crippen molar-refractivity contribution in [1.29, 1.82) is 0 Å². The molecule has 0 saturated carbocycles. The Bertz CT molecular complexity index is 441. The van der Waals surface area contributed by atoms with E-state index in [-0.39, 0.29) is 11.1 Å². The van der Waals surface area contributed by atoms with E-state index >= 15 is 0 Å². The molecule has 0 saturated heterocycles. The molecule has 0 aliphatic carbocycles. The summed E-state index contributed by atoms with van der Waals surface area (Å²) in [4.78, 5) is 10.6. The molecule has 19 heavy (non-hydrogen) atoms. The van der Waals surface area contributed by atoms with Gasteiger partial charge in [-0.3, -0.25) is 10.1 Å². The highest BCUT2D eigenvalue weighted by atomic mass is 79.9. The van der Waals surface area contributed by atoms with E-state index in [2.05, 4.69) is 42.4 Å². The maximum Gasteiger partial charge on any atom is 0.312 e. The van der Waals surface area contributed by atoms with E-state index in [0.717, 1.165) is 12.8 Å². The Balaban J connectivity index is 2.91. The van der Waals surface area contributed by atoms with Gasteiger partial charge in [0.1, 0.15) is 0 Å². The largest absolute Gasteiger partial charge is 0.486 e. The first kappa shape index (κ1) is 16.3. The van der Waals surface area contributed by atoms with Gasteiger partial charge in [-0.1, -0.05) is 29.8 Å². The first-order valence-electron chi connectivity index (χ1n) is 6.15. The lowest BCUT2D eigenvalue weighted by Crippen LogP contribution is -2.29. The Morgan fingerprint density at radius 3 is 2.53 bits per heavy atom. The van der Waals surface area contributed by atoms with Crippen LogP contribution in [0.2, 0.25) is 0 Å². The Labute approximate surface area is 127 Å². The predicted molar refractivity (Wildman–Crippen MR) is 83.2 cm³/mol. The van der Waals surface area contributed by atoms with Crippen molar-refractivity contribution < 1.29 is 9.66 Å². The van der Waals surface area contributed by atoms with Crippen LogP contribution in [-0.4, -0.2) is 17.3 Å². The van der Waals surface area contributed by atoms with Gasteiger partial charge < -0.3 is 4.74 Å². The van der Waals surface area contributed by atoms with E-state index in [0.29, 0.717) is 22.6 Å². The molecule has 0 aliphatic rings. The monoisotopic (exact) mass is 347 g/mol. The third kappa shape index (κ3) is 4.11. The Kier molecular flexibility index (Phi) is 6.13. The van der Waals surface area contributed by atoms with Gasteiger partial charge in [-0.2, -0.15) is 12.6 Å². The van der Waals surface area contributed by atoms with Gasteiger partial charge in [0.05, 0.1) is 11.5 Å². The number of hydrogen-bond acceptors (Lipinski definition) is 4. The van der Waals surface area contributed by atoms with Crippen molar-refractivity contribution in [2.45, 2.75) is 26.7 Å². The molecule has 0 bridgehead atoms. The van der Waals surface area contributed by atoms with Gasteiger partial charge in [-0.25, -0.2) is 0 Å². The third-order valence-electron chi connectivity index (χ3n) is 3.49. The van der Waals surface area contributed by atoms with E-state index in [1.807, 2.05) is 0 Å². The highest BCUT2D eigenvalue weighted by Gasteiger charge is 2.27. The van der Waals surface area contributed by atoms with Crippen LogP contribution in [0.25, 0.3) is 0 Å². The summed E-state index contributed by atoms with van der Waals surface area (Å²) in [6.45, 7) is 4.60. The van der Waals surface area contributed by atoms with Gasteiger partial charge in [0.15, 0.2) is 5.75 Å². The minimum absolute atomic E-state index is 0.0188. The van der Waals surface area contributed by atoms with Crippen molar-refractivity contribution >= 4 is 34.2 Å². The van der Waals surface area contributed by atoms with E-state index in [4.69, 9.17) is 4.74 Å². The molecule has 1 rings (SSSR count). The van der Waals surface area contributed by atoms with Crippen molar-refractivity contribution in [2.24, 2.45) is 5.41 Å². The summed E-state index contributed by atoms with van der Waals surface area (Å²) in [5.41, 5.74) is -0.0565. The van der Waals surface area contributed by atoms with Gasteiger partial charge in [-0.15, -0.1) is 0 Å². The molecular formula is C13H18BrNO3S. The molecule has 0 spiro atoms. The zero-order valence-electron chi connectivity index (χ0n) is 11.1. The molecule has 4 nitrogen and oxygen atoms in total. The molecule has 106 valence electrons. The second kappa shape index (κ2) is 7.14. The molecule has 0 unspecified atom stereocenters. The topological polar surface area (TPSA) is 52.4 Å². The maximum atomic E-state index is 11.0. The number of ether oxygens (including phenoxy) is 1. The van der Waals surface area contributed by atoms with Crippen molar-refractivity contribution in [1.82, 2.24) is 0 Å². The van der Waals surface area contributed by atoms with E-state index in [9.17, 15) is 10.1 Å². The molecule has 6 heteroatoms. The standard InChI is InChI=1S/C13H18BrNO3S/c1-3-13(4-2,9-19)8-18-12-6-5-10(14)7-11(12)15(16)17/h5-7,19H,3-4,8-9H2,1-2H3. The summed E-state index contributed by atoms with van der Waals surface area (Å²) < 4.78 is 6.35. The maximum absolute atomic E-state index is 11.0. The van der Waals surface area contributed by atoms with Crippen LogP contribution in [0, 0.1) is 15.5 Å². The van der Waals surface area contributed by atoms with Gasteiger partial charge in [-0.05, 0) is 30.7 Å². The number of halogens is 1. The quantitative estimate of drug-likeness (QED) is 0.449. The summed E-state index contributed by atoms with van der Waals surface area (Å²) >= 11 is 7.59. The van der Waals surface area contributed by atoms with Crippen LogP contribution in [0.4, 0.5) is 5.69 Å². The fourth-order valence-electron chi connectivity index (χ4n) is 1.71. The number of nitrogens with zero attached hydrogens (tertiary/aromatic N) is 1. The molecular weight excluding hydrogens is 330 g/mol. The molecule has 0 atom stereocenters. The first-order chi connectivity index (χ1) is 8.98. The molecule has 0 radical (unpaired) electrons. The zero-order chi connectivity index (χ0) is 14.5. The van der Waals surface area contributed by atoms with Crippen molar-refractivity contribution in [3.05, 3.63) is 32.8 Å². The second-order valence-electron chi connectivity index (χ2n) is 4.52. The highest BCUT2D eigenvalue weighted by Crippen LogP contribution is 2.34. The molecule has 0 aromatic heterocycles. The Hall–Kier alpha value is -0.750. The summed E-state index contributed by atoms with van der Waals surface area (Å²) in [5.74, 6) is 1.01. The molecule has 1 aromatic carbocycles. The summed E-state index contributed by atoms with van der Waals surface area (Å²) in [7, 11) is 0. The minimum atomic E-state index is -0.430. The van der Waals surface area contributed by atoms with Crippen molar-refractivity contribution in [2.75, 3.05) is 12.4 Å². The van der Waals surface area contributed by atoms with E-state index < -0.39 is 4.92 Å². The van der Waals surface area contributed by atoms with E-state index in [1.54, 1.807) is 12.1 Å². The lowest BCUT2D eigenvalue weighted by molar-refractivity contribution is -0.386. The smallest absolute Gasteiger partial charge is 0.312 e. The summed E-state index contributed by atoms with van der Waals surface area (Å²) in [6.07, 6.45) is 1.86. The average molecular weight is 348 g/mol. The van der Waals surface area contributed by atoms with Crippen molar-refractivity contribution in [3.63, 3.8) is 0 Å². The van der Waals surface area contributed by atoms with Crippen LogP contribution >= 0.6 is 28.6 Å². The van der Waals surface area contributed by atoms with Gasteiger partial charge >= 0.3 is 5.69 Å². The highest BCUT2D eigenvalue weighted by molar-refractivity contribution is 9.10. The summed E-state index contributed by atoms with van der Waals surface area (Å²) in [6, 6.07) is 4.81. The number of benzene rings is 1. The van der Waals surface area contributed by atoms with Crippen LogP contribution in [0.15, 0.2) is 22.7 Å². The molecule has 0 amide bonds. The van der Waals surface area contributed by atoms with Crippen LogP contribution in [-0.2, 0) is 0 Å². The number of rotatable bonds is 7. The molecule has 0 aliphatic heterocycles. The molecule has 0 fully saturated rings. The van der Waals surface area contributed by atoms with Crippen LogP contribution in [0.5, 0.6) is 5.75 Å². The van der Waals surface area contributed by atoms with Crippen LogP contribution in [0.1, 0.15) is 26.7 Å². The lowest BCUT2D eigenvalue weighted by atomic mass is 9.85. The molecule has 0 N–H and O–H groups in total. The molecule has 1 aromatic rings. The fourth-order valence-corrected chi connectivity index (χ4v) is 2.60. The number of nitro groups is 1. The fraction of sp³-hybridized carbons (Fsp3) is 0.538. The average Bonchev–Trinajstić information content (AvgIpc) is 2.42.